The topological polar surface area (TPSA) is 136 Å². The molecule has 3 fully saturated rings. The van der Waals surface area contributed by atoms with Gasteiger partial charge in [0, 0.05) is 29.5 Å². The number of carbonyl (C=O) groups is 4. The molecule has 2 N–H and O–H groups in total. The van der Waals surface area contributed by atoms with Crippen LogP contribution in [0.3, 0.4) is 0 Å². The van der Waals surface area contributed by atoms with Crippen LogP contribution in [0, 0.1) is 25.7 Å². The Hall–Kier alpha value is -4.15. The van der Waals surface area contributed by atoms with Gasteiger partial charge in [0.2, 0.25) is 11.8 Å². The van der Waals surface area contributed by atoms with Gasteiger partial charge in [-0.1, -0.05) is 25.1 Å². The summed E-state index contributed by atoms with van der Waals surface area (Å²) < 4.78 is 17.4. The molecule has 1 unspecified atom stereocenters. The van der Waals surface area contributed by atoms with E-state index >= 15 is 0 Å². The van der Waals surface area contributed by atoms with Gasteiger partial charge in [-0.05, 0) is 95.2 Å². The van der Waals surface area contributed by atoms with Crippen molar-refractivity contribution < 1.29 is 33.4 Å². The maximum Gasteiger partial charge on any atom is 0.408 e. The molecule has 6 atom stereocenters. The molecule has 2 aliphatic heterocycles. The number of pyridine rings is 1. The Labute approximate surface area is 282 Å². The second-order valence-corrected chi connectivity index (χ2v) is 14.2. The zero-order valence-corrected chi connectivity index (χ0v) is 28.5. The number of nitrogens with zero attached hydrogens (tertiary/aromatic N) is 2. The zero-order chi connectivity index (χ0) is 34.0. The molecule has 6 rings (SSSR count). The summed E-state index contributed by atoms with van der Waals surface area (Å²) in [6, 6.07) is 6.02. The lowest BCUT2D eigenvalue weighted by Gasteiger charge is -2.30. The number of amides is 3. The number of hydrogen-bond acceptors (Lipinski definition) is 8. The molecule has 11 nitrogen and oxygen atoms in total. The maximum atomic E-state index is 14.5. The van der Waals surface area contributed by atoms with E-state index in [4.69, 9.17) is 14.2 Å². The van der Waals surface area contributed by atoms with Crippen LogP contribution in [-0.4, -0.2) is 77.2 Å². The van der Waals surface area contributed by atoms with Gasteiger partial charge in [-0.2, -0.15) is 0 Å². The van der Waals surface area contributed by atoms with Crippen LogP contribution in [0.25, 0.3) is 10.9 Å². The van der Waals surface area contributed by atoms with Crippen molar-refractivity contribution in [3.05, 3.63) is 47.7 Å². The summed E-state index contributed by atoms with van der Waals surface area (Å²) in [6.07, 6.45) is 9.85. The first-order chi connectivity index (χ1) is 23.1. The number of hydrogen-bond donors (Lipinski definition) is 2. The lowest BCUT2D eigenvalue weighted by molar-refractivity contribution is -0.148. The van der Waals surface area contributed by atoms with Crippen molar-refractivity contribution >= 4 is 34.8 Å². The van der Waals surface area contributed by atoms with Gasteiger partial charge in [0.15, 0.2) is 0 Å². The highest BCUT2D eigenvalue weighted by Gasteiger charge is 2.62. The molecule has 3 amide bonds. The Kier molecular flexibility index (Phi) is 9.94. The first kappa shape index (κ1) is 33.7. The number of nitrogens with one attached hydrogen (secondary N) is 2. The summed E-state index contributed by atoms with van der Waals surface area (Å²) in [5.74, 6) is -0.603. The van der Waals surface area contributed by atoms with Crippen molar-refractivity contribution in [3.8, 4) is 5.75 Å². The quantitative estimate of drug-likeness (QED) is 0.336. The third kappa shape index (κ3) is 7.29. The fourth-order valence-electron chi connectivity index (χ4n) is 7.55. The number of benzene rings is 1. The summed E-state index contributed by atoms with van der Waals surface area (Å²) in [6.45, 7) is 6.17. The molecular weight excluding hydrogens is 612 g/mol. The minimum absolute atomic E-state index is 0.131. The summed E-state index contributed by atoms with van der Waals surface area (Å²) >= 11 is 0. The van der Waals surface area contributed by atoms with Crippen molar-refractivity contribution in [2.24, 2.45) is 11.8 Å². The number of alkyl carbamates (subject to hydrolysis) is 1. The SMILES string of the molecule is COC(=O)[C@@]12CC1/C=C\CC[C@H](C)CC[C@H](NC(=O)OC1CCCC1)C(=O)N1C[C@H](Oc3cc(C)nc4cc(C)ccc34)C[C@H]1C(=O)N2. The van der Waals surface area contributed by atoms with Crippen molar-refractivity contribution in [3.63, 3.8) is 0 Å². The van der Waals surface area contributed by atoms with Crippen LogP contribution in [0.1, 0.15) is 82.4 Å². The summed E-state index contributed by atoms with van der Waals surface area (Å²) in [5.41, 5.74) is 1.49. The van der Waals surface area contributed by atoms with Crippen LogP contribution in [0.5, 0.6) is 5.75 Å². The van der Waals surface area contributed by atoms with E-state index in [1.54, 1.807) is 0 Å². The zero-order valence-electron chi connectivity index (χ0n) is 28.5. The van der Waals surface area contributed by atoms with Gasteiger partial charge in [0.1, 0.15) is 35.6 Å². The fraction of sp³-hybridized carbons (Fsp3) is 0.595. The smallest absolute Gasteiger partial charge is 0.408 e. The predicted octanol–water partition coefficient (Wildman–Crippen LogP) is 5.05. The molecule has 1 aromatic carbocycles. The molecule has 258 valence electrons. The van der Waals surface area contributed by atoms with Gasteiger partial charge in [-0.15, -0.1) is 0 Å². The lowest BCUT2D eigenvalue weighted by Crippen LogP contribution is -2.56. The molecule has 11 heteroatoms. The second kappa shape index (κ2) is 14.1. The van der Waals surface area contributed by atoms with Gasteiger partial charge in [0.05, 0.1) is 19.2 Å². The number of rotatable bonds is 5. The van der Waals surface area contributed by atoms with E-state index in [0.717, 1.165) is 60.7 Å². The molecule has 2 aromatic rings. The van der Waals surface area contributed by atoms with E-state index in [1.165, 1.54) is 12.0 Å². The molecule has 3 heterocycles. The van der Waals surface area contributed by atoms with Crippen LogP contribution >= 0.6 is 0 Å². The van der Waals surface area contributed by atoms with Crippen molar-refractivity contribution in [2.75, 3.05) is 13.7 Å². The average molecular weight is 661 g/mol. The van der Waals surface area contributed by atoms with Crippen molar-refractivity contribution in [1.29, 1.82) is 0 Å². The average Bonchev–Trinajstić information content (AvgIpc) is 3.33. The number of methoxy groups -OCH3 is 1. The van der Waals surface area contributed by atoms with E-state index in [2.05, 4.69) is 28.6 Å². The highest BCUT2D eigenvalue weighted by Crippen LogP contribution is 2.46. The minimum atomic E-state index is -1.18. The lowest BCUT2D eigenvalue weighted by atomic mass is 9.96. The van der Waals surface area contributed by atoms with Gasteiger partial charge >= 0.3 is 12.1 Å². The van der Waals surface area contributed by atoms with Crippen LogP contribution in [-0.2, 0) is 23.9 Å². The Balaban J connectivity index is 1.30. The number of ether oxygens (including phenoxy) is 3. The van der Waals surface area contributed by atoms with Gasteiger partial charge in [-0.25, -0.2) is 9.59 Å². The number of aryl methyl sites for hydroxylation is 2. The maximum absolute atomic E-state index is 14.5. The second-order valence-electron chi connectivity index (χ2n) is 14.2. The molecule has 2 aliphatic carbocycles. The van der Waals surface area contributed by atoms with Crippen molar-refractivity contribution in [1.82, 2.24) is 20.5 Å². The van der Waals surface area contributed by atoms with Gasteiger partial charge in [0.25, 0.3) is 0 Å². The summed E-state index contributed by atoms with van der Waals surface area (Å²) in [5, 5.41) is 6.69. The monoisotopic (exact) mass is 660 g/mol. The third-order valence-corrected chi connectivity index (χ3v) is 10.4. The summed E-state index contributed by atoms with van der Waals surface area (Å²) in [4.78, 5) is 60.9. The minimum Gasteiger partial charge on any atom is -0.488 e. The number of aromatic nitrogens is 1. The van der Waals surface area contributed by atoms with Crippen LogP contribution in [0.15, 0.2) is 36.4 Å². The van der Waals surface area contributed by atoms with E-state index in [9.17, 15) is 19.2 Å². The van der Waals surface area contributed by atoms with Gasteiger partial charge < -0.3 is 29.7 Å². The number of esters is 1. The van der Waals surface area contributed by atoms with Crippen LogP contribution < -0.4 is 15.4 Å². The molecule has 0 spiro atoms. The standard InChI is InChI=1S/C37H48N4O7/c1-22-9-5-6-10-25-20-37(25,35(44)46-4)40-33(42)31-19-27(47-32-18-24(3)38-30-17-23(2)13-15-28(30)32)21-41(31)34(43)29(16-14-22)39-36(45)48-26-11-7-8-12-26/h6,10,13,15,17-18,22,25-27,29,31H,5,7-9,11-12,14,16,19-21H2,1-4H3,(H,39,45)(H,40,42)/b10-6-/t22-,25?,27+,29-,31-,37+/m0/s1. The molecular formula is C37H48N4O7. The molecule has 4 aliphatic rings. The van der Waals surface area contributed by atoms with Crippen LogP contribution in [0.2, 0.25) is 0 Å². The van der Waals surface area contributed by atoms with E-state index in [-0.39, 0.29) is 36.8 Å². The molecule has 1 aromatic heterocycles. The van der Waals surface area contributed by atoms with Gasteiger partial charge in [-0.3, -0.25) is 14.6 Å². The normalized spacial score (nSPS) is 30.3. The predicted molar refractivity (Wildman–Crippen MR) is 179 cm³/mol. The number of fused-ring (bicyclic) bond motifs is 3. The summed E-state index contributed by atoms with van der Waals surface area (Å²) in [7, 11) is 1.32. The van der Waals surface area contributed by atoms with E-state index < -0.39 is 41.7 Å². The van der Waals surface area contributed by atoms with E-state index in [1.807, 2.05) is 44.2 Å². The largest absolute Gasteiger partial charge is 0.488 e. The molecule has 0 radical (unpaired) electrons. The third-order valence-electron chi connectivity index (χ3n) is 10.4. The Bertz CT molecular complexity index is 1580. The van der Waals surface area contributed by atoms with Crippen LogP contribution in [0.4, 0.5) is 4.79 Å². The Morgan fingerprint density at radius 2 is 1.83 bits per heavy atom. The first-order valence-electron chi connectivity index (χ1n) is 17.5. The fourth-order valence-corrected chi connectivity index (χ4v) is 7.55. The Morgan fingerprint density at radius 3 is 2.60 bits per heavy atom. The molecule has 0 bridgehead atoms. The first-order valence-corrected chi connectivity index (χ1v) is 17.5. The van der Waals surface area contributed by atoms with Crippen molar-refractivity contribution in [2.45, 2.75) is 115 Å². The highest BCUT2D eigenvalue weighted by atomic mass is 16.6. The molecule has 48 heavy (non-hydrogen) atoms. The molecule has 2 saturated carbocycles. The van der Waals surface area contributed by atoms with E-state index in [0.29, 0.717) is 25.0 Å². The number of carbonyl (C=O) groups excluding carboxylic acids is 4. The molecule has 1 saturated heterocycles. The Morgan fingerprint density at radius 1 is 1.04 bits per heavy atom. The highest BCUT2D eigenvalue weighted by molar-refractivity contribution is 5.96. The number of allylic oxidation sites excluding steroid dienone is 1.